The lowest BCUT2D eigenvalue weighted by atomic mass is 10.00. The van der Waals surface area contributed by atoms with Gasteiger partial charge in [-0.15, -0.1) is 0 Å². The van der Waals surface area contributed by atoms with Gasteiger partial charge in [0, 0.05) is 9.61 Å². The fourth-order valence-corrected chi connectivity index (χ4v) is 2.09. The molecule has 2 N–H and O–H groups in total. The van der Waals surface area contributed by atoms with Crippen LogP contribution < -0.4 is 5.73 Å². The monoisotopic (exact) mass is 341 g/mol. The minimum Gasteiger partial charge on any atom is -0.324 e. The van der Waals surface area contributed by atoms with E-state index in [9.17, 15) is 4.39 Å². The summed E-state index contributed by atoms with van der Waals surface area (Å²) in [4.78, 5) is 0. The van der Waals surface area contributed by atoms with Crippen LogP contribution in [0, 0.1) is 9.39 Å². The standard InChI is InChI=1S/C14H13FIN/c15-12-3-1-2-11(9-12)14(17)8-10-4-6-13(16)7-5-10/h1-7,9,14H,8,17H2. The van der Waals surface area contributed by atoms with E-state index >= 15 is 0 Å². The van der Waals surface area contributed by atoms with Crippen molar-refractivity contribution in [2.45, 2.75) is 12.5 Å². The molecule has 0 radical (unpaired) electrons. The Bertz CT molecular complexity index is 496. The van der Waals surface area contributed by atoms with Crippen molar-refractivity contribution in [3.05, 3.63) is 69.0 Å². The molecule has 2 rings (SSSR count). The minimum absolute atomic E-state index is 0.161. The molecule has 2 aromatic carbocycles. The number of rotatable bonds is 3. The molecule has 1 nitrogen and oxygen atoms in total. The van der Waals surface area contributed by atoms with Crippen molar-refractivity contribution in [2.24, 2.45) is 5.73 Å². The Kier molecular flexibility index (Phi) is 4.12. The van der Waals surface area contributed by atoms with Crippen molar-refractivity contribution in [2.75, 3.05) is 0 Å². The summed E-state index contributed by atoms with van der Waals surface area (Å²) in [6.07, 6.45) is 0.723. The molecule has 88 valence electrons. The molecular formula is C14H13FIN. The van der Waals surface area contributed by atoms with E-state index in [0.717, 1.165) is 12.0 Å². The van der Waals surface area contributed by atoms with E-state index in [1.807, 2.05) is 18.2 Å². The van der Waals surface area contributed by atoms with Crippen LogP contribution in [-0.2, 0) is 6.42 Å². The second kappa shape index (κ2) is 5.60. The van der Waals surface area contributed by atoms with E-state index in [0.29, 0.717) is 0 Å². The Morgan fingerprint density at radius 3 is 2.47 bits per heavy atom. The van der Waals surface area contributed by atoms with Gasteiger partial charge >= 0.3 is 0 Å². The summed E-state index contributed by atoms with van der Waals surface area (Å²) in [6, 6.07) is 14.5. The first-order valence-electron chi connectivity index (χ1n) is 5.40. The average Bonchev–Trinajstić information content (AvgIpc) is 2.32. The van der Waals surface area contributed by atoms with Gasteiger partial charge < -0.3 is 5.73 Å². The number of benzene rings is 2. The zero-order valence-electron chi connectivity index (χ0n) is 9.24. The molecule has 1 unspecified atom stereocenters. The van der Waals surface area contributed by atoms with Gasteiger partial charge in [-0.2, -0.15) is 0 Å². The van der Waals surface area contributed by atoms with Crippen LogP contribution in [-0.4, -0.2) is 0 Å². The van der Waals surface area contributed by atoms with Crippen LogP contribution in [0.25, 0.3) is 0 Å². The van der Waals surface area contributed by atoms with Crippen molar-refractivity contribution in [3.8, 4) is 0 Å². The van der Waals surface area contributed by atoms with E-state index in [1.54, 1.807) is 6.07 Å². The van der Waals surface area contributed by atoms with E-state index in [4.69, 9.17) is 5.73 Å². The molecule has 0 aliphatic heterocycles. The van der Waals surface area contributed by atoms with Crippen LogP contribution in [0.3, 0.4) is 0 Å². The van der Waals surface area contributed by atoms with E-state index in [2.05, 4.69) is 34.7 Å². The summed E-state index contributed by atoms with van der Waals surface area (Å²) in [7, 11) is 0. The lowest BCUT2D eigenvalue weighted by Crippen LogP contribution is -2.13. The maximum Gasteiger partial charge on any atom is 0.123 e. The van der Waals surface area contributed by atoms with Crippen molar-refractivity contribution >= 4 is 22.6 Å². The third kappa shape index (κ3) is 3.51. The Balaban J connectivity index is 2.11. The van der Waals surface area contributed by atoms with Crippen LogP contribution in [0.15, 0.2) is 48.5 Å². The van der Waals surface area contributed by atoms with Crippen LogP contribution in [0.4, 0.5) is 4.39 Å². The van der Waals surface area contributed by atoms with Gasteiger partial charge in [0.2, 0.25) is 0 Å². The van der Waals surface area contributed by atoms with Crippen LogP contribution in [0.2, 0.25) is 0 Å². The van der Waals surface area contributed by atoms with Gasteiger partial charge in [-0.1, -0.05) is 24.3 Å². The molecule has 0 aliphatic carbocycles. The molecule has 0 bridgehead atoms. The molecule has 2 aromatic rings. The molecule has 0 fully saturated rings. The summed E-state index contributed by atoms with van der Waals surface area (Å²) < 4.78 is 14.3. The summed E-state index contributed by atoms with van der Waals surface area (Å²) in [6.45, 7) is 0. The largest absolute Gasteiger partial charge is 0.324 e. The molecule has 0 amide bonds. The Morgan fingerprint density at radius 2 is 1.82 bits per heavy atom. The molecule has 0 saturated heterocycles. The van der Waals surface area contributed by atoms with E-state index in [1.165, 1.54) is 21.3 Å². The fourth-order valence-electron chi connectivity index (χ4n) is 1.73. The van der Waals surface area contributed by atoms with Crippen LogP contribution in [0.1, 0.15) is 17.2 Å². The van der Waals surface area contributed by atoms with Crippen LogP contribution >= 0.6 is 22.6 Å². The lowest BCUT2D eigenvalue weighted by molar-refractivity contribution is 0.618. The maximum absolute atomic E-state index is 13.1. The zero-order chi connectivity index (χ0) is 12.3. The second-order valence-corrected chi connectivity index (χ2v) is 5.24. The highest BCUT2D eigenvalue weighted by Crippen LogP contribution is 2.17. The molecule has 0 saturated carbocycles. The number of hydrogen-bond acceptors (Lipinski definition) is 1. The van der Waals surface area contributed by atoms with Crippen LogP contribution in [0.5, 0.6) is 0 Å². The van der Waals surface area contributed by atoms with Gasteiger partial charge in [-0.3, -0.25) is 0 Å². The molecule has 1 atom stereocenters. The van der Waals surface area contributed by atoms with Crippen molar-refractivity contribution < 1.29 is 4.39 Å². The normalized spacial score (nSPS) is 12.4. The first-order chi connectivity index (χ1) is 8.15. The lowest BCUT2D eigenvalue weighted by Gasteiger charge is -2.12. The van der Waals surface area contributed by atoms with E-state index in [-0.39, 0.29) is 11.9 Å². The van der Waals surface area contributed by atoms with E-state index < -0.39 is 0 Å². The summed E-state index contributed by atoms with van der Waals surface area (Å²) in [5, 5.41) is 0. The Hall–Kier alpha value is -0.940. The predicted molar refractivity (Wildman–Crippen MR) is 76.2 cm³/mol. The molecule has 0 spiro atoms. The van der Waals surface area contributed by atoms with Crippen molar-refractivity contribution in [3.63, 3.8) is 0 Å². The van der Waals surface area contributed by atoms with Crippen molar-refractivity contribution in [1.29, 1.82) is 0 Å². The summed E-state index contributed by atoms with van der Waals surface area (Å²) >= 11 is 2.27. The molecule has 17 heavy (non-hydrogen) atoms. The molecule has 0 aliphatic rings. The number of nitrogens with two attached hydrogens (primary N) is 1. The fraction of sp³-hybridized carbons (Fsp3) is 0.143. The molecule has 0 aromatic heterocycles. The van der Waals surface area contributed by atoms with Crippen molar-refractivity contribution in [1.82, 2.24) is 0 Å². The highest BCUT2D eigenvalue weighted by atomic mass is 127. The number of halogens is 2. The molecular weight excluding hydrogens is 328 g/mol. The summed E-state index contributed by atoms with van der Waals surface area (Å²) in [5.74, 6) is -0.236. The Labute approximate surface area is 114 Å². The quantitative estimate of drug-likeness (QED) is 0.847. The van der Waals surface area contributed by atoms with Gasteiger partial charge in [0.15, 0.2) is 0 Å². The highest BCUT2D eigenvalue weighted by Gasteiger charge is 2.07. The van der Waals surface area contributed by atoms with Gasteiger partial charge in [-0.25, -0.2) is 4.39 Å². The SMILES string of the molecule is NC(Cc1ccc(I)cc1)c1cccc(F)c1. The maximum atomic E-state index is 13.1. The highest BCUT2D eigenvalue weighted by molar-refractivity contribution is 14.1. The summed E-state index contributed by atoms with van der Waals surface area (Å²) in [5.41, 5.74) is 8.07. The molecule has 0 heterocycles. The first kappa shape index (κ1) is 12.5. The topological polar surface area (TPSA) is 26.0 Å². The number of hydrogen-bond donors (Lipinski definition) is 1. The second-order valence-electron chi connectivity index (χ2n) is 3.99. The first-order valence-corrected chi connectivity index (χ1v) is 6.48. The zero-order valence-corrected chi connectivity index (χ0v) is 11.4. The van der Waals surface area contributed by atoms with Gasteiger partial charge in [0.05, 0.1) is 0 Å². The van der Waals surface area contributed by atoms with Gasteiger partial charge in [0.25, 0.3) is 0 Å². The van der Waals surface area contributed by atoms with Gasteiger partial charge in [-0.05, 0) is 64.4 Å². The minimum atomic E-state index is -0.236. The Morgan fingerprint density at radius 1 is 1.12 bits per heavy atom. The van der Waals surface area contributed by atoms with Gasteiger partial charge in [0.1, 0.15) is 5.82 Å². The predicted octanol–water partition coefficient (Wildman–Crippen LogP) is 3.67. The average molecular weight is 341 g/mol. The third-order valence-corrected chi connectivity index (χ3v) is 3.36. The molecule has 3 heteroatoms. The smallest absolute Gasteiger partial charge is 0.123 e. The third-order valence-electron chi connectivity index (χ3n) is 2.65.